The van der Waals surface area contributed by atoms with Gasteiger partial charge in [0.25, 0.3) is 0 Å². The Kier molecular flexibility index (Phi) is 9.05. The monoisotopic (exact) mass is 427 g/mol. The Hall–Kier alpha value is -2.51. The van der Waals surface area contributed by atoms with Crippen LogP contribution in [0.25, 0.3) is 11.5 Å². The molecule has 0 saturated carbocycles. The number of benzene rings is 2. The highest BCUT2D eigenvalue weighted by Crippen LogP contribution is 2.23. The van der Waals surface area contributed by atoms with E-state index in [1.54, 1.807) is 11.8 Å². The Morgan fingerprint density at radius 3 is 2.30 bits per heavy atom. The summed E-state index contributed by atoms with van der Waals surface area (Å²) in [5.74, 6) is 4.62. The molecular formula is C23H29N3O3S. The first-order valence-corrected chi connectivity index (χ1v) is 11.3. The van der Waals surface area contributed by atoms with Crippen LogP contribution in [0.1, 0.15) is 18.7 Å². The maximum absolute atomic E-state index is 5.79. The predicted octanol–water partition coefficient (Wildman–Crippen LogP) is 4.77. The van der Waals surface area contributed by atoms with Crippen molar-refractivity contribution in [1.82, 2.24) is 15.1 Å². The Labute approximate surface area is 182 Å². The zero-order valence-corrected chi connectivity index (χ0v) is 18.4. The van der Waals surface area contributed by atoms with Crippen LogP contribution in [0.2, 0.25) is 0 Å². The number of nitrogens with zero attached hydrogens (tertiary/aromatic N) is 3. The first-order valence-electron chi connectivity index (χ1n) is 10.2. The van der Waals surface area contributed by atoms with E-state index in [0.717, 1.165) is 42.2 Å². The minimum atomic E-state index is 0.539. The van der Waals surface area contributed by atoms with E-state index in [1.807, 2.05) is 54.6 Å². The van der Waals surface area contributed by atoms with E-state index in [2.05, 4.69) is 29.2 Å². The Morgan fingerprint density at radius 2 is 1.57 bits per heavy atom. The van der Waals surface area contributed by atoms with Crippen LogP contribution in [-0.2, 0) is 5.75 Å². The summed E-state index contributed by atoms with van der Waals surface area (Å²) in [6.45, 7) is 2.42. The third-order valence-electron chi connectivity index (χ3n) is 4.26. The molecule has 160 valence electrons. The summed E-state index contributed by atoms with van der Waals surface area (Å²) >= 11 is 1.77. The van der Waals surface area contributed by atoms with E-state index in [0.29, 0.717) is 30.7 Å². The smallest absolute Gasteiger partial charge is 0.247 e. The maximum Gasteiger partial charge on any atom is 0.247 e. The number of hydrogen-bond donors (Lipinski definition) is 0. The largest absolute Gasteiger partial charge is 0.494 e. The second-order valence-electron chi connectivity index (χ2n) is 7.10. The normalized spacial score (nSPS) is 11.0. The van der Waals surface area contributed by atoms with Gasteiger partial charge in [0.2, 0.25) is 11.8 Å². The maximum atomic E-state index is 5.79. The van der Waals surface area contributed by atoms with Crippen molar-refractivity contribution in [2.45, 2.75) is 18.6 Å². The van der Waals surface area contributed by atoms with Gasteiger partial charge in [-0.25, -0.2) is 0 Å². The van der Waals surface area contributed by atoms with Gasteiger partial charge < -0.3 is 18.8 Å². The number of aromatic nitrogens is 2. The van der Waals surface area contributed by atoms with E-state index in [-0.39, 0.29) is 0 Å². The molecule has 0 fully saturated rings. The van der Waals surface area contributed by atoms with Crippen LogP contribution in [0.4, 0.5) is 0 Å². The van der Waals surface area contributed by atoms with Gasteiger partial charge in [-0.1, -0.05) is 18.2 Å². The number of para-hydroxylation sites is 1. The molecule has 0 bridgehead atoms. The first-order chi connectivity index (χ1) is 14.7. The van der Waals surface area contributed by atoms with Crippen molar-refractivity contribution in [2.24, 2.45) is 0 Å². The SMILES string of the molecule is CN(C)CCCOc1ccc(-c2nnc(CSCCCOc3ccccc3)o2)cc1. The Bertz CT molecular complexity index is 854. The number of ether oxygens (including phenoxy) is 2. The molecule has 3 rings (SSSR count). The van der Waals surface area contributed by atoms with Gasteiger partial charge >= 0.3 is 0 Å². The van der Waals surface area contributed by atoms with Crippen LogP contribution in [0.3, 0.4) is 0 Å². The number of hydrogen-bond acceptors (Lipinski definition) is 7. The molecule has 7 heteroatoms. The van der Waals surface area contributed by atoms with Gasteiger partial charge in [-0.3, -0.25) is 0 Å². The molecule has 30 heavy (non-hydrogen) atoms. The summed E-state index contributed by atoms with van der Waals surface area (Å²) in [5.41, 5.74) is 0.899. The molecule has 0 aliphatic heterocycles. The molecule has 0 aliphatic carbocycles. The van der Waals surface area contributed by atoms with E-state index in [9.17, 15) is 0 Å². The molecule has 0 saturated heterocycles. The summed E-state index contributed by atoms with van der Waals surface area (Å²) in [6.07, 6.45) is 1.97. The van der Waals surface area contributed by atoms with E-state index < -0.39 is 0 Å². The van der Waals surface area contributed by atoms with Gasteiger partial charge in [-0.15, -0.1) is 10.2 Å². The van der Waals surface area contributed by atoms with Gasteiger partial charge in [0.15, 0.2) is 0 Å². The molecule has 0 unspecified atom stereocenters. The lowest BCUT2D eigenvalue weighted by atomic mass is 10.2. The molecule has 6 nitrogen and oxygen atoms in total. The number of rotatable bonds is 13. The lowest BCUT2D eigenvalue weighted by Crippen LogP contribution is -2.15. The van der Waals surface area contributed by atoms with Gasteiger partial charge in [0.1, 0.15) is 11.5 Å². The average molecular weight is 428 g/mol. The molecule has 3 aromatic rings. The Morgan fingerprint density at radius 1 is 0.867 bits per heavy atom. The fourth-order valence-corrected chi connectivity index (χ4v) is 3.48. The summed E-state index contributed by atoms with van der Waals surface area (Å²) < 4.78 is 17.2. The minimum Gasteiger partial charge on any atom is -0.494 e. The minimum absolute atomic E-state index is 0.539. The van der Waals surface area contributed by atoms with Crippen LogP contribution in [0, 0.1) is 0 Å². The molecule has 1 heterocycles. The van der Waals surface area contributed by atoms with Gasteiger partial charge in [-0.05, 0) is 69.1 Å². The highest BCUT2D eigenvalue weighted by Gasteiger charge is 2.09. The quantitative estimate of drug-likeness (QED) is 0.364. The predicted molar refractivity (Wildman–Crippen MR) is 121 cm³/mol. The van der Waals surface area contributed by atoms with Crippen LogP contribution >= 0.6 is 11.8 Å². The van der Waals surface area contributed by atoms with Gasteiger partial charge in [-0.2, -0.15) is 11.8 Å². The lowest BCUT2D eigenvalue weighted by Gasteiger charge is -2.10. The summed E-state index contributed by atoms with van der Waals surface area (Å²) in [6, 6.07) is 17.7. The van der Waals surface area contributed by atoms with E-state index in [1.165, 1.54) is 0 Å². The highest BCUT2D eigenvalue weighted by atomic mass is 32.2. The highest BCUT2D eigenvalue weighted by molar-refractivity contribution is 7.98. The number of thioether (sulfide) groups is 1. The van der Waals surface area contributed by atoms with Crippen molar-refractivity contribution in [1.29, 1.82) is 0 Å². The molecule has 0 atom stereocenters. The fourth-order valence-electron chi connectivity index (χ4n) is 2.72. The summed E-state index contributed by atoms with van der Waals surface area (Å²) in [5, 5.41) is 8.32. The molecule has 2 aromatic carbocycles. The van der Waals surface area contributed by atoms with Crippen molar-refractivity contribution < 1.29 is 13.9 Å². The van der Waals surface area contributed by atoms with Crippen molar-refractivity contribution in [3.8, 4) is 23.0 Å². The third kappa shape index (κ3) is 7.72. The van der Waals surface area contributed by atoms with Crippen LogP contribution in [-0.4, -0.2) is 54.7 Å². The third-order valence-corrected chi connectivity index (χ3v) is 5.29. The van der Waals surface area contributed by atoms with Crippen molar-refractivity contribution in [3.05, 3.63) is 60.5 Å². The zero-order valence-electron chi connectivity index (χ0n) is 17.6. The van der Waals surface area contributed by atoms with E-state index >= 15 is 0 Å². The lowest BCUT2D eigenvalue weighted by molar-refractivity contribution is 0.281. The molecule has 0 spiro atoms. The van der Waals surface area contributed by atoms with Crippen LogP contribution < -0.4 is 9.47 Å². The van der Waals surface area contributed by atoms with E-state index in [4.69, 9.17) is 13.9 Å². The summed E-state index contributed by atoms with van der Waals surface area (Å²) in [4.78, 5) is 2.15. The summed E-state index contributed by atoms with van der Waals surface area (Å²) in [7, 11) is 4.12. The molecule has 1 aromatic heterocycles. The topological polar surface area (TPSA) is 60.6 Å². The molecule has 0 radical (unpaired) electrons. The van der Waals surface area contributed by atoms with Crippen molar-refractivity contribution >= 4 is 11.8 Å². The van der Waals surface area contributed by atoms with Crippen molar-refractivity contribution in [3.63, 3.8) is 0 Å². The second kappa shape index (κ2) is 12.2. The Balaban J connectivity index is 1.35. The second-order valence-corrected chi connectivity index (χ2v) is 8.20. The van der Waals surface area contributed by atoms with Gasteiger partial charge in [0, 0.05) is 12.1 Å². The van der Waals surface area contributed by atoms with Crippen molar-refractivity contribution in [2.75, 3.05) is 39.6 Å². The van der Waals surface area contributed by atoms with Crippen LogP contribution in [0.5, 0.6) is 11.5 Å². The first kappa shape index (κ1) is 22.2. The fraction of sp³-hybridized carbons (Fsp3) is 0.391. The van der Waals surface area contributed by atoms with Crippen LogP contribution in [0.15, 0.2) is 59.0 Å². The molecule has 0 N–H and O–H groups in total. The molecule has 0 aliphatic rings. The van der Waals surface area contributed by atoms with Gasteiger partial charge in [0.05, 0.1) is 19.0 Å². The average Bonchev–Trinajstić information content (AvgIpc) is 3.24. The molecular weight excluding hydrogens is 398 g/mol. The standard InChI is InChI=1S/C23H29N3O3S/c1-26(2)14-6-15-27-21-12-10-19(11-13-21)23-25-24-22(29-23)18-30-17-7-16-28-20-8-4-3-5-9-20/h3-5,8-13H,6-7,14-18H2,1-2H3. The molecule has 0 amide bonds. The zero-order chi connectivity index (χ0) is 21.0.